The molecule has 0 aliphatic heterocycles. The molecule has 110 valence electrons. The number of hydrogen-bond donors (Lipinski definition) is 3. The van der Waals surface area contributed by atoms with Crippen LogP contribution in [0.1, 0.15) is 22.3 Å². The van der Waals surface area contributed by atoms with Gasteiger partial charge < -0.3 is 15.5 Å². The predicted octanol–water partition coefficient (Wildman–Crippen LogP) is 3.33. The number of aryl methyl sites for hydroxylation is 1. The van der Waals surface area contributed by atoms with Gasteiger partial charge in [-0.1, -0.05) is 12.1 Å². The van der Waals surface area contributed by atoms with E-state index in [2.05, 4.69) is 21.2 Å². The Labute approximate surface area is 131 Å². The van der Waals surface area contributed by atoms with Crippen LogP contribution in [0.4, 0.5) is 5.69 Å². The van der Waals surface area contributed by atoms with E-state index in [0.717, 1.165) is 12.0 Å². The van der Waals surface area contributed by atoms with Crippen LogP contribution in [0.5, 0.6) is 5.75 Å². The van der Waals surface area contributed by atoms with Crippen molar-refractivity contribution in [3.63, 3.8) is 0 Å². The summed E-state index contributed by atoms with van der Waals surface area (Å²) in [5, 5.41) is 21.2. The van der Waals surface area contributed by atoms with Crippen LogP contribution in [0.2, 0.25) is 0 Å². The molecule has 5 heteroatoms. The average Bonchev–Trinajstić information content (AvgIpc) is 2.48. The van der Waals surface area contributed by atoms with E-state index in [1.165, 1.54) is 6.07 Å². The highest BCUT2D eigenvalue weighted by atomic mass is 79.9. The van der Waals surface area contributed by atoms with Crippen LogP contribution in [0.3, 0.4) is 0 Å². The molecule has 0 spiro atoms. The number of halogens is 1. The second-order valence-corrected chi connectivity index (χ2v) is 5.50. The second-order valence-electron chi connectivity index (χ2n) is 4.65. The van der Waals surface area contributed by atoms with E-state index in [1.54, 1.807) is 18.2 Å². The van der Waals surface area contributed by atoms with Gasteiger partial charge in [-0.05, 0) is 64.7 Å². The summed E-state index contributed by atoms with van der Waals surface area (Å²) in [4.78, 5) is 12.1. The van der Waals surface area contributed by atoms with Crippen molar-refractivity contribution in [2.45, 2.75) is 12.8 Å². The highest BCUT2D eigenvalue weighted by molar-refractivity contribution is 9.10. The van der Waals surface area contributed by atoms with Crippen molar-refractivity contribution in [1.82, 2.24) is 0 Å². The third kappa shape index (κ3) is 4.31. The lowest BCUT2D eigenvalue weighted by Crippen LogP contribution is -2.11. The number of amides is 1. The van der Waals surface area contributed by atoms with Gasteiger partial charge in [0, 0.05) is 17.9 Å². The topological polar surface area (TPSA) is 69.6 Å². The van der Waals surface area contributed by atoms with Crippen molar-refractivity contribution in [1.29, 1.82) is 0 Å². The van der Waals surface area contributed by atoms with E-state index in [4.69, 9.17) is 5.11 Å². The van der Waals surface area contributed by atoms with Gasteiger partial charge in [-0.15, -0.1) is 0 Å². The van der Waals surface area contributed by atoms with Crippen molar-refractivity contribution in [2.75, 3.05) is 11.9 Å². The molecule has 2 rings (SSSR count). The molecule has 0 bridgehead atoms. The number of aliphatic hydroxyl groups excluding tert-OH is 1. The van der Waals surface area contributed by atoms with Crippen molar-refractivity contribution >= 4 is 27.5 Å². The fraction of sp³-hybridized carbons (Fsp3) is 0.188. The van der Waals surface area contributed by atoms with Crippen LogP contribution in [0, 0.1) is 0 Å². The summed E-state index contributed by atoms with van der Waals surface area (Å²) < 4.78 is 0.546. The minimum Gasteiger partial charge on any atom is -0.507 e. The summed E-state index contributed by atoms with van der Waals surface area (Å²) in [6.07, 6.45) is 1.46. The van der Waals surface area contributed by atoms with Gasteiger partial charge in [0.25, 0.3) is 5.91 Å². The maximum Gasteiger partial charge on any atom is 0.255 e. The van der Waals surface area contributed by atoms with Crippen molar-refractivity contribution < 1.29 is 15.0 Å². The Bertz CT molecular complexity index is 643. The maximum absolute atomic E-state index is 12.1. The Morgan fingerprint density at radius 3 is 2.71 bits per heavy atom. The second kappa shape index (κ2) is 7.24. The van der Waals surface area contributed by atoms with E-state index >= 15 is 0 Å². The van der Waals surface area contributed by atoms with Gasteiger partial charge in [-0.25, -0.2) is 0 Å². The van der Waals surface area contributed by atoms with Gasteiger partial charge in [0.2, 0.25) is 0 Å². The molecule has 0 radical (unpaired) electrons. The van der Waals surface area contributed by atoms with Gasteiger partial charge in [0.1, 0.15) is 5.75 Å². The van der Waals surface area contributed by atoms with Gasteiger partial charge in [-0.3, -0.25) is 4.79 Å². The normalized spacial score (nSPS) is 10.4. The molecular formula is C16H16BrNO3. The fourth-order valence-corrected chi connectivity index (χ4v) is 2.19. The third-order valence-electron chi connectivity index (χ3n) is 3.02. The van der Waals surface area contributed by atoms with Crippen LogP contribution >= 0.6 is 15.9 Å². The summed E-state index contributed by atoms with van der Waals surface area (Å²) in [6, 6.07) is 12.2. The van der Waals surface area contributed by atoms with Crippen molar-refractivity contribution in [3.05, 3.63) is 58.1 Å². The first kappa shape index (κ1) is 15.5. The number of hydrogen-bond acceptors (Lipinski definition) is 3. The number of phenols is 1. The van der Waals surface area contributed by atoms with E-state index in [-0.39, 0.29) is 18.3 Å². The summed E-state index contributed by atoms with van der Waals surface area (Å²) in [7, 11) is 0. The van der Waals surface area contributed by atoms with E-state index in [0.29, 0.717) is 22.1 Å². The highest BCUT2D eigenvalue weighted by Gasteiger charge is 2.09. The first-order chi connectivity index (χ1) is 10.1. The first-order valence-electron chi connectivity index (χ1n) is 6.60. The number of anilines is 1. The van der Waals surface area contributed by atoms with Crippen molar-refractivity contribution in [3.8, 4) is 5.75 Å². The average molecular weight is 350 g/mol. The molecule has 3 N–H and O–H groups in total. The van der Waals surface area contributed by atoms with Gasteiger partial charge in [0.05, 0.1) is 4.47 Å². The molecule has 0 fully saturated rings. The third-order valence-corrected chi connectivity index (χ3v) is 3.69. The van der Waals surface area contributed by atoms with E-state index in [9.17, 15) is 9.90 Å². The molecule has 0 unspecified atom stereocenters. The molecule has 21 heavy (non-hydrogen) atoms. The summed E-state index contributed by atoms with van der Waals surface area (Å²) >= 11 is 3.18. The van der Waals surface area contributed by atoms with Gasteiger partial charge in [-0.2, -0.15) is 0 Å². The molecule has 4 nitrogen and oxygen atoms in total. The fourth-order valence-electron chi connectivity index (χ4n) is 1.94. The van der Waals surface area contributed by atoms with Gasteiger partial charge >= 0.3 is 0 Å². The first-order valence-corrected chi connectivity index (χ1v) is 7.39. The Morgan fingerprint density at radius 1 is 1.19 bits per heavy atom. The molecule has 0 heterocycles. The largest absolute Gasteiger partial charge is 0.507 e. The van der Waals surface area contributed by atoms with Gasteiger partial charge in [0.15, 0.2) is 0 Å². The monoisotopic (exact) mass is 349 g/mol. The molecule has 0 saturated heterocycles. The lowest BCUT2D eigenvalue weighted by atomic mass is 10.1. The number of nitrogens with one attached hydrogen (secondary N) is 1. The Morgan fingerprint density at radius 2 is 2.00 bits per heavy atom. The minimum absolute atomic E-state index is 0.0272. The zero-order chi connectivity index (χ0) is 15.2. The maximum atomic E-state index is 12.1. The van der Waals surface area contributed by atoms with Crippen LogP contribution in [0.15, 0.2) is 46.9 Å². The van der Waals surface area contributed by atoms with E-state index < -0.39 is 0 Å². The lowest BCUT2D eigenvalue weighted by molar-refractivity contribution is 0.102. The number of phenolic OH excluding ortho intramolecular Hbond substituents is 1. The van der Waals surface area contributed by atoms with Crippen LogP contribution in [0.25, 0.3) is 0 Å². The minimum atomic E-state index is -0.280. The molecular weight excluding hydrogens is 334 g/mol. The summed E-state index contributed by atoms with van der Waals surface area (Å²) in [6.45, 7) is 0.148. The number of aromatic hydroxyl groups is 1. The SMILES string of the molecule is O=C(Nc1cccc(CCCO)c1)c1ccc(Br)c(O)c1. The number of carbonyl (C=O) groups excluding carboxylic acids is 1. The summed E-state index contributed by atoms with van der Waals surface area (Å²) in [5.41, 5.74) is 2.13. The zero-order valence-corrected chi connectivity index (χ0v) is 12.9. The molecule has 2 aromatic rings. The number of benzene rings is 2. The van der Waals surface area contributed by atoms with Crippen molar-refractivity contribution in [2.24, 2.45) is 0 Å². The lowest BCUT2D eigenvalue weighted by Gasteiger charge is -2.08. The molecule has 0 aromatic heterocycles. The smallest absolute Gasteiger partial charge is 0.255 e. The molecule has 0 aliphatic rings. The Balaban J connectivity index is 2.10. The molecule has 0 aliphatic carbocycles. The number of aliphatic hydroxyl groups is 1. The number of rotatable bonds is 5. The molecule has 2 aromatic carbocycles. The van der Waals surface area contributed by atoms with Crippen LogP contribution in [-0.4, -0.2) is 22.7 Å². The van der Waals surface area contributed by atoms with E-state index in [1.807, 2.05) is 18.2 Å². The van der Waals surface area contributed by atoms with Crippen LogP contribution < -0.4 is 5.32 Å². The predicted molar refractivity (Wildman–Crippen MR) is 85.6 cm³/mol. The molecule has 0 atom stereocenters. The Hall–Kier alpha value is -1.85. The zero-order valence-electron chi connectivity index (χ0n) is 11.3. The number of carbonyl (C=O) groups is 1. The van der Waals surface area contributed by atoms with Crippen LogP contribution in [-0.2, 0) is 6.42 Å². The molecule has 1 amide bonds. The summed E-state index contributed by atoms with van der Waals surface area (Å²) in [5.74, 6) is -0.253. The standard InChI is InChI=1S/C16H16BrNO3/c17-14-7-6-12(10-15(14)20)16(21)18-13-5-1-3-11(9-13)4-2-8-19/h1,3,5-7,9-10,19-20H,2,4,8H2,(H,18,21). The Kier molecular flexibility index (Phi) is 5.36. The quantitative estimate of drug-likeness (QED) is 0.775. The molecule has 0 saturated carbocycles. The highest BCUT2D eigenvalue weighted by Crippen LogP contribution is 2.24.